The van der Waals surface area contributed by atoms with E-state index in [-0.39, 0.29) is 17.7 Å². The minimum Gasteiger partial charge on any atom is -0.462 e. The predicted molar refractivity (Wildman–Crippen MR) is 65.4 cm³/mol. The molecule has 0 saturated heterocycles. The van der Waals surface area contributed by atoms with Crippen LogP contribution < -0.4 is 0 Å². The lowest BCUT2D eigenvalue weighted by atomic mass is 10.0. The first-order valence-electron chi connectivity index (χ1n) is 5.17. The van der Waals surface area contributed by atoms with Crippen molar-refractivity contribution in [3.05, 3.63) is 50.6 Å². The molecule has 8 nitrogen and oxygen atoms in total. The Hall–Kier alpha value is -2.77. The normalized spacial score (nSPS) is 9.74. The molecule has 0 aliphatic carbocycles. The first-order valence-corrected chi connectivity index (χ1v) is 5.17. The molecule has 0 unspecified atom stereocenters. The molecule has 100 valence electrons. The van der Waals surface area contributed by atoms with E-state index in [1.54, 1.807) is 6.92 Å². The van der Waals surface area contributed by atoms with Crippen molar-refractivity contribution in [3.63, 3.8) is 0 Å². The molecule has 1 aromatic carbocycles. The van der Waals surface area contributed by atoms with Crippen LogP contribution >= 0.6 is 0 Å². The third kappa shape index (κ3) is 3.12. The van der Waals surface area contributed by atoms with Crippen LogP contribution in [0, 0.1) is 20.2 Å². The van der Waals surface area contributed by atoms with Crippen molar-refractivity contribution in [2.75, 3.05) is 6.61 Å². The number of ether oxygens (including phenoxy) is 1. The van der Waals surface area contributed by atoms with Crippen molar-refractivity contribution < 1.29 is 19.4 Å². The van der Waals surface area contributed by atoms with Gasteiger partial charge in [0.05, 0.1) is 33.7 Å². The van der Waals surface area contributed by atoms with Gasteiger partial charge < -0.3 is 4.74 Å². The molecule has 19 heavy (non-hydrogen) atoms. The van der Waals surface area contributed by atoms with Gasteiger partial charge in [-0.15, -0.1) is 0 Å². The Balaban J connectivity index is 3.28. The SMILES string of the molecule is C=C(C(=O)OCC)c1ccc([N+](=O)[O-])cc1[N+](=O)[O-]. The molecular formula is C11H10N2O6. The summed E-state index contributed by atoms with van der Waals surface area (Å²) in [7, 11) is 0. The number of esters is 1. The summed E-state index contributed by atoms with van der Waals surface area (Å²) in [4.78, 5) is 31.3. The van der Waals surface area contributed by atoms with Gasteiger partial charge in [0, 0.05) is 6.07 Å². The number of rotatable bonds is 5. The van der Waals surface area contributed by atoms with Crippen LogP contribution in [0.15, 0.2) is 24.8 Å². The highest BCUT2D eigenvalue weighted by Gasteiger charge is 2.24. The second-order valence-corrected chi connectivity index (χ2v) is 3.41. The summed E-state index contributed by atoms with van der Waals surface area (Å²) in [6.07, 6.45) is 0. The fraction of sp³-hybridized carbons (Fsp3) is 0.182. The zero-order chi connectivity index (χ0) is 14.6. The van der Waals surface area contributed by atoms with Gasteiger partial charge in [-0.1, -0.05) is 6.58 Å². The first kappa shape index (κ1) is 14.3. The van der Waals surface area contributed by atoms with Crippen molar-refractivity contribution in [3.8, 4) is 0 Å². The molecule has 0 radical (unpaired) electrons. The molecule has 0 aliphatic heterocycles. The minimum absolute atomic E-state index is 0.0959. The van der Waals surface area contributed by atoms with Crippen LogP contribution in [0.5, 0.6) is 0 Å². The highest BCUT2D eigenvalue weighted by atomic mass is 16.6. The molecule has 0 saturated carbocycles. The van der Waals surface area contributed by atoms with Crippen LogP contribution in [0.1, 0.15) is 12.5 Å². The Morgan fingerprint density at radius 2 is 1.95 bits per heavy atom. The van der Waals surface area contributed by atoms with Gasteiger partial charge in [-0.05, 0) is 13.0 Å². The van der Waals surface area contributed by atoms with Gasteiger partial charge in [-0.3, -0.25) is 20.2 Å². The summed E-state index contributed by atoms with van der Waals surface area (Å²) < 4.78 is 4.68. The van der Waals surface area contributed by atoms with Crippen LogP contribution in [0.3, 0.4) is 0 Å². The second kappa shape index (κ2) is 5.71. The zero-order valence-corrected chi connectivity index (χ0v) is 9.99. The topological polar surface area (TPSA) is 113 Å². The lowest BCUT2D eigenvalue weighted by molar-refractivity contribution is -0.394. The Morgan fingerprint density at radius 1 is 1.32 bits per heavy atom. The lowest BCUT2D eigenvalue weighted by Gasteiger charge is -2.06. The standard InChI is InChI=1S/C11H10N2O6/c1-3-19-11(14)7(2)9-5-4-8(12(15)16)6-10(9)13(17)18/h4-6H,2-3H2,1H3. The molecule has 0 aliphatic rings. The fourth-order valence-electron chi connectivity index (χ4n) is 1.37. The Morgan fingerprint density at radius 3 is 2.42 bits per heavy atom. The Bertz CT molecular complexity index is 566. The molecule has 0 heterocycles. The maximum absolute atomic E-state index is 11.5. The van der Waals surface area contributed by atoms with Gasteiger partial charge in [0.25, 0.3) is 11.4 Å². The number of nitro benzene ring substituents is 2. The smallest absolute Gasteiger partial charge is 0.338 e. The number of benzene rings is 1. The van der Waals surface area contributed by atoms with Crippen LogP contribution in [0.4, 0.5) is 11.4 Å². The number of non-ortho nitro benzene ring substituents is 1. The molecule has 1 aromatic rings. The number of carbonyl (C=O) groups excluding carboxylic acids is 1. The van der Waals surface area contributed by atoms with Gasteiger partial charge in [0.2, 0.25) is 0 Å². The summed E-state index contributed by atoms with van der Waals surface area (Å²) in [5.74, 6) is -0.806. The van der Waals surface area contributed by atoms with E-state index >= 15 is 0 Å². The fourth-order valence-corrected chi connectivity index (χ4v) is 1.37. The van der Waals surface area contributed by atoms with Crippen molar-refractivity contribution in [1.82, 2.24) is 0 Å². The van der Waals surface area contributed by atoms with Crippen LogP contribution in [-0.4, -0.2) is 22.4 Å². The second-order valence-electron chi connectivity index (χ2n) is 3.41. The largest absolute Gasteiger partial charge is 0.462 e. The van der Waals surface area contributed by atoms with E-state index in [1.165, 1.54) is 0 Å². The molecule has 1 rings (SSSR count). The van der Waals surface area contributed by atoms with E-state index in [0.717, 1.165) is 18.2 Å². The molecule has 0 atom stereocenters. The quantitative estimate of drug-likeness (QED) is 0.349. The van der Waals surface area contributed by atoms with Gasteiger partial charge in [0.15, 0.2) is 0 Å². The Kier molecular flexibility index (Phi) is 4.30. The monoisotopic (exact) mass is 266 g/mol. The third-order valence-electron chi connectivity index (χ3n) is 2.24. The number of carbonyl (C=O) groups is 1. The molecule has 0 N–H and O–H groups in total. The van der Waals surface area contributed by atoms with Crippen molar-refractivity contribution in [2.45, 2.75) is 6.92 Å². The van der Waals surface area contributed by atoms with E-state index in [9.17, 15) is 25.0 Å². The van der Waals surface area contributed by atoms with Gasteiger partial charge in [-0.2, -0.15) is 0 Å². The highest BCUT2D eigenvalue weighted by molar-refractivity contribution is 6.16. The molecule has 0 fully saturated rings. The lowest BCUT2D eigenvalue weighted by Crippen LogP contribution is -2.07. The van der Waals surface area contributed by atoms with E-state index in [2.05, 4.69) is 11.3 Å². The van der Waals surface area contributed by atoms with Gasteiger partial charge in [-0.25, -0.2) is 4.79 Å². The number of nitrogens with zero attached hydrogens (tertiary/aromatic N) is 2. The van der Waals surface area contributed by atoms with Crippen LogP contribution in [-0.2, 0) is 9.53 Å². The van der Waals surface area contributed by atoms with Crippen LogP contribution in [0.25, 0.3) is 5.57 Å². The molecule has 0 bridgehead atoms. The Labute approximate surface area is 107 Å². The number of hydrogen-bond acceptors (Lipinski definition) is 6. The van der Waals surface area contributed by atoms with Crippen molar-refractivity contribution >= 4 is 22.9 Å². The summed E-state index contributed by atoms with van der Waals surface area (Å²) in [6.45, 7) is 5.09. The summed E-state index contributed by atoms with van der Waals surface area (Å²) in [5, 5.41) is 21.4. The van der Waals surface area contributed by atoms with Crippen molar-refractivity contribution in [2.24, 2.45) is 0 Å². The predicted octanol–water partition coefficient (Wildman–Crippen LogP) is 2.08. The average Bonchev–Trinajstić information content (AvgIpc) is 2.37. The van der Waals surface area contributed by atoms with Crippen molar-refractivity contribution in [1.29, 1.82) is 0 Å². The average molecular weight is 266 g/mol. The van der Waals surface area contributed by atoms with E-state index < -0.39 is 27.2 Å². The van der Waals surface area contributed by atoms with Gasteiger partial charge >= 0.3 is 5.97 Å². The summed E-state index contributed by atoms with van der Waals surface area (Å²) in [6, 6.07) is 2.95. The summed E-state index contributed by atoms with van der Waals surface area (Å²) in [5.41, 5.74) is -1.32. The number of hydrogen-bond donors (Lipinski definition) is 0. The maximum atomic E-state index is 11.5. The summed E-state index contributed by atoms with van der Waals surface area (Å²) >= 11 is 0. The molecule has 8 heteroatoms. The van der Waals surface area contributed by atoms with Crippen LogP contribution in [0.2, 0.25) is 0 Å². The molecule has 0 aromatic heterocycles. The molecule has 0 spiro atoms. The van der Waals surface area contributed by atoms with E-state index in [1.807, 2.05) is 0 Å². The minimum atomic E-state index is -0.813. The molecular weight excluding hydrogens is 256 g/mol. The maximum Gasteiger partial charge on any atom is 0.338 e. The third-order valence-corrected chi connectivity index (χ3v) is 2.24. The van der Waals surface area contributed by atoms with E-state index in [4.69, 9.17) is 0 Å². The first-order chi connectivity index (χ1) is 8.88. The number of nitro groups is 2. The zero-order valence-electron chi connectivity index (χ0n) is 9.99. The van der Waals surface area contributed by atoms with Gasteiger partial charge in [0.1, 0.15) is 0 Å². The molecule has 0 amide bonds. The highest BCUT2D eigenvalue weighted by Crippen LogP contribution is 2.29. The van der Waals surface area contributed by atoms with E-state index in [0.29, 0.717) is 0 Å².